The fourth-order valence-electron chi connectivity index (χ4n) is 10.9. The van der Waals surface area contributed by atoms with E-state index >= 15 is 0 Å². The summed E-state index contributed by atoms with van der Waals surface area (Å²) in [5.41, 5.74) is -7.58. The molecule has 8 unspecified atom stereocenters. The number of carbonyl (C=O) groups is 2. The number of alkyl halides is 6. The summed E-state index contributed by atoms with van der Waals surface area (Å²) in [6.07, 6.45) is -9.53. The van der Waals surface area contributed by atoms with Crippen LogP contribution in [0.15, 0.2) is 0 Å². The van der Waals surface area contributed by atoms with Gasteiger partial charge >= 0.3 is 24.3 Å². The van der Waals surface area contributed by atoms with Crippen LogP contribution in [-0.2, 0) is 19.1 Å². The van der Waals surface area contributed by atoms with Crippen molar-refractivity contribution in [2.24, 2.45) is 53.3 Å². The molecule has 0 aromatic rings. The Morgan fingerprint density at radius 2 is 1.46 bits per heavy atom. The molecule has 0 amide bonds. The quantitative estimate of drug-likeness (QED) is 0.150. The molecule has 0 aromatic carbocycles. The summed E-state index contributed by atoms with van der Waals surface area (Å²) in [6.45, 7) is 8.10. The van der Waals surface area contributed by atoms with Gasteiger partial charge in [0.1, 0.15) is 11.7 Å². The zero-order valence-electron chi connectivity index (χ0n) is 28.5. The molecule has 0 radical (unpaired) electrons. The molecule has 6 rings (SSSR count). The number of ether oxygens (including phenoxy) is 2. The molecular formula is C35H52F6O7. The minimum absolute atomic E-state index is 0.0307. The van der Waals surface area contributed by atoms with E-state index in [1.807, 2.05) is 0 Å². The molecule has 6 fully saturated rings. The van der Waals surface area contributed by atoms with E-state index in [4.69, 9.17) is 9.47 Å². The highest BCUT2D eigenvalue weighted by molar-refractivity contribution is 5.74. The van der Waals surface area contributed by atoms with Crippen LogP contribution in [0.25, 0.3) is 0 Å². The maximum atomic E-state index is 13.6. The molecule has 0 aromatic heterocycles. The molecule has 13 heteroatoms. The van der Waals surface area contributed by atoms with Crippen molar-refractivity contribution in [2.75, 3.05) is 0 Å². The smallest absolute Gasteiger partial charge is 0.426 e. The monoisotopic (exact) mass is 698 g/mol. The highest BCUT2D eigenvalue weighted by Crippen LogP contribution is 2.60. The first kappa shape index (κ1) is 37.7. The third-order valence-electron chi connectivity index (χ3n) is 12.9. The number of hydrogen-bond donors (Lipinski definition) is 3. The van der Waals surface area contributed by atoms with Crippen molar-refractivity contribution in [1.82, 2.24) is 0 Å². The second kappa shape index (κ2) is 12.6. The van der Waals surface area contributed by atoms with Crippen LogP contribution in [0.3, 0.4) is 0 Å². The number of fused-ring (bicyclic) bond motifs is 2. The second-order valence-electron chi connectivity index (χ2n) is 17.2. The fourth-order valence-corrected chi connectivity index (χ4v) is 10.9. The molecule has 0 aliphatic heterocycles. The van der Waals surface area contributed by atoms with Gasteiger partial charge in [-0.05, 0) is 126 Å². The van der Waals surface area contributed by atoms with E-state index in [0.717, 1.165) is 26.2 Å². The molecule has 3 N–H and O–H groups in total. The summed E-state index contributed by atoms with van der Waals surface area (Å²) >= 11 is 0. The van der Waals surface area contributed by atoms with Gasteiger partial charge in [0.15, 0.2) is 0 Å². The molecule has 0 heterocycles. The molecular weight excluding hydrogens is 646 g/mol. The van der Waals surface area contributed by atoms with Crippen LogP contribution in [0.5, 0.6) is 0 Å². The molecule has 48 heavy (non-hydrogen) atoms. The minimum atomic E-state index is -6.04. The van der Waals surface area contributed by atoms with Crippen LogP contribution in [0.1, 0.15) is 112 Å². The number of aliphatic hydroxyl groups is 3. The maximum absolute atomic E-state index is 13.6. The first-order valence-electron chi connectivity index (χ1n) is 17.6. The Balaban J connectivity index is 1.28. The van der Waals surface area contributed by atoms with E-state index < -0.39 is 71.1 Å². The number of carbonyl (C=O) groups excluding carboxylic acids is 2. The average molecular weight is 699 g/mol. The summed E-state index contributed by atoms with van der Waals surface area (Å²) in [4.78, 5) is 27.0. The molecule has 6 bridgehead atoms. The van der Waals surface area contributed by atoms with Crippen molar-refractivity contribution in [1.29, 1.82) is 0 Å². The van der Waals surface area contributed by atoms with Gasteiger partial charge in [-0.25, -0.2) is 0 Å². The van der Waals surface area contributed by atoms with Gasteiger partial charge in [-0.1, -0.05) is 13.8 Å². The minimum Gasteiger partial charge on any atom is -0.462 e. The highest BCUT2D eigenvalue weighted by Gasteiger charge is 2.70. The van der Waals surface area contributed by atoms with Crippen molar-refractivity contribution in [2.45, 2.75) is 153 Å². The third-order valence-corrected chi connectivity index (χ3v) is 12.9. The number of halogens is 6. The van der Waals surface area contributed by atoms with Crippen LogP contribution < -0.4 is 0 Å². The summed E-state index contributed by atoms with van der Waals surface area (Å²) < 4.78 is 91.6. The van der Waals surface area contributed by atoms with Gasteiger partial charge in [0.2, 0.25) is 0 Å². The Morgan fingerprint density at radius 1 is 0.875 bits per heavy atom. The molecule has 6 aliphatic rings. The Bertz CT molecular complexity index is 1180. The van der Waals surface area contributed by atoms with Crippen LogP contribution in [0.4, 0.5) is 26.3 Å². The lowest BCUT2D eigenvalue weighted by atomic mass is 9.52. The Labute approximate surface area is 278 Å². The maximum Gasteiger partial charge on any atom is 0.426 e. The van der Waals surface area contributed by atoms with E-state index in [-0.39, 0.29) is 42.9 Å². The molecule has 6 saturated carbocycles. The van der Waals surface area contributed by atoms with E-state index in [2.05, 4.69) is 6.92 Å². The molecule has 6 aliphatic carbocycles. The van der Waals surface area contributed by atoms with Crippen LogP contribution in [-0.4, -0.2) is 68.1 Å². The standard InChI is InChI=1S/C35H52F6O7/c1-18(28(42)48-32-15-21-8-22(16-32)14-31(45,13-21)17-32)6-7-23(9-25-20(3)24-10-26(25)27(11-24)30(4,5)44)29(43)47-19(2)12-33(46,34(36,37)38)35(39,40)41/h18-27,44-46H,6-17H2,1-5H3/t18?,19?,20?,21?,22?,23-,24?,25+,26?,27?,31?,32?/m1/s1. The lowest BCUT2D eigenvalue weighted by Crippen LogP contribution is -2.60. The topological polar surface area (TPSA) is 113 Å². The normalized spacial score (nSPS) is 38.2. The van der Waals surface area contributed by atoms with Crippen molar-refractivity contribution in [3.63, 3.8) is 0 Å². The van der Waals surface area contributed by atoms with Crippen LogP contribution >= 0.6 is 0 Å². The van der Waals surface area contributed by atoms with Gasteiger partial charge in [0, 0.05) is 12.8 Å². The van der Waals surface area contributed by atoms with Crippen LogP contribution in [0.2, 0.25) is 0 Å². The van der Waals surface area contributed by atoms with Gasteiger partial charge in [-0.3, -0.25) is 9.59 Å². The third kappa shape index (κ3) is 7.25. The summed E-state index contributed by atoms with van der Waals surface area (Å²) in [5, 5.41) is 31.6. The van der Waals surface area contributed by atoms with E-state index in [1.165, 1.54) is 0 Å². The summed E-state index contributed by atoms with van der Waals surface area (Å²) in [5.74, 6) is -1.98. The predicted molar refractivity (Wildman–Crippen MR) is 161 cm³/mol. The summed E-state index contributed by atoms with van der Waals surface area (Å²) in [7, 11) is 0. The fraction of sp³-hybridized carbons (Fsp3) is 0.943. The summed E-state index contributed by atoms with van der Waals surface area (Å²) in [6, 6.07) is 0. The van der Waals surface area contributed by atoms with E-state index in [9.17, 15) is 51.3 Å². The van der Waals surface area contributed by atoms with Gasteiger partial charge in [-0.15, -0.1) is 0 Å². The average Bonchev–Trinajstić information content (AvgIpc) is 3.47. The predicted octanol–water partition coefficient (Wildman–Crippen LogP) is 6.89. The lowest BCUT2D eigenvalue weighted by Gasteiger charge is -2.59. The van der Waals surface area contributed by atoms with E-state index in [0.29, 0.717) is 49.9 Å². The van der Waals surface area contributed by atoms with Crippen molar-refractivity contribution in [3.8, 4) is 0 Å². The van der Waals surface area contributed by atoms with Gasteiger partial charge in [-0.2, -0.15) is 26.3 Å². The Hall–Kier alpha value is -1.60. The SMILES string of the molecule is CC(CC(O)(C(F)(F)F)C(F)(F)F)OC(=O)[C@H](CCC(C)C(=O)OC12CC3CC(CC(O)(C3)C1)C2)C[C@H]1C(C)C2CC1C(C(C)(C)O)C2. The van der Waals surface area contributed by atoms with Crippen molar-refractivity contribution < 1.29 is 60.7 Å². The van der Waals surface area contributed by atoms with E-state index in [1.54, 1.807) is 20.8 Å². The van der Waals surface area contributed by atoms with Crippen molar-refractivity contribution in [3.05, 3.63) is 0 Å². The highest BCUT2D eigenvalue weighted by atomic mass is 19.4. The number of hydrogen-bond acceptors (Lipinski definition) is 7. The first-order valence-corrected chi connectivity index (χ1v) is 17.6. The molecule has 7 nitrogen and oxygen atoms in total. The zero-order chi connectivity index (χ0) is 35.8. The Morgan fingerprint density at radius 3 is 1.96 bits per heavy atom. The number of esters is 2. The van der Waals surface area contributed by atoms with Crippen molar-refractivity contribution >= 4 is 11.9 Å². The van der Waals surface area contributed by atoms with Gasteiger partial charge in [0.05, 0.1) is 23.0 Å². The first-order chi connectivity index (χ1) is 21.9. The molecule has 276 valence electrons. The number of rotatable bonds is 12. The largest absolute Gasteiger partial charge is 0.462 e. The molecule has 10 atom stereocenters. The zero-order valence-corrected chi connectivity index (χ0v) is 28.5. The van der Waals surface area contributed by atoms with Crippen LogP contribution in [0, 0.1) is 53.3 Å². The van der Waals surface area contributed by atoms with Gasteiger partial charge in [0.25, 0.3) is 5.60 Å². The van der Waals surface area contributed by atoms with Gasteiger partial charge < -0.3 is 24.8 Å². The Kier molecular flexibility index (Phi) is 9.86. The lowest BCUT2D eigenvalue weighted by molar-refractivity contribution is -0.373. The molecule has 0 saturated heterocycles. The molecule has 0 spiro atoms. The second-order valence-corrected chi connectivity index (χ2v) is 17.2.